The lowest BCUT2D eigenvalue weighted by Gasteiger charge is -2.10. The van der Waals surface area contributed by atoms with E-state index in [0.717, 1.165) is 35.1 Å². The molecule has 1 aromatic carbocycles. The molecule has 0 saturated carbocycles. The van der Waals surface area contributed by atoms with Gasteiger partial charge in [0.1, 0.15) is 17.8 Å². The number of fused-ring (bicyclic) bond motifs is 1. The zero-order chi connectivity index (χ0) is 10.8. The van der Waals surface area contributed by atoms with Gasteiger partial charge in [-0.15, -0.1) is 0 Å². The Hall–Kier alpha value is -1.51. The monoisotopic (exact) mass is 206 g/mol. The Balaban J connectivity index is 2.45. The Morgan fingerprint density at radius 2 is 2.40 bits per heavy atom. The van der Waals surface area contributed by atoms with Gasteiger partial charge in [0.15, 0.2) is 0 Å². The summed E-state index contributed by atoms with van der Waals surface area (Å²) in [5, 5.41) is 9.92. The minimum Gasteiger partial charge on any atom is -0.507 e. The largest absolute Gasteiger partial charge is 0.507 e. The van der Waals surface area contributed by atoms with E-state index >= 15 is 0 Å². The number of carbonyl (C=O) groups excluding carboxylic acids is 1. The number of aldehydes is 1. The fourth-order valence-corrected chi connectivity index (χ4v) is 2.02. The SMILES string of the molecule is Cc1cc2c(c(CCC=O)c1O)CCO2. The quantitative estimate of drug-likeness (QED) is 0.766. The molecule has 2 rings (SSSR count). The Morgan fingerprint density at radius 3 is 3.13 bits per heavy atom. The Labute approximate surface area is 88.7 Å². The van der Waals surface area contributed by atoms with Crippen LogP contribution in [0.4, 0.5) is 0 Å². The van der Waals surface area contributed by atoms with Crippen molar-refractivity contribution in [3.8, 4) is 11.5 Å². The number of aromatic hydroxyl groups is 1. The maximum Gasteiger partial charge on any atom is 0.123 e. The maximum atomic E-state index is 10.4. The van der Waals surface area contributed by atoms with Crippen molar-refractivity contribution in [2.75, 3.05) is 6.61 Å². The van der Waals surface area contributed by atoms with Crippen LogP contribution in [0.15, 0.2) is 6.07 Å². The second-order valence-electron chi connectivity index (χ2n) is 3.80. The molecule has 0 saturated heterocycles. The lowest BCUT2D eigenvalue weighted by atomic mass is 9.97. The molecule has 0 atom stereocenters. The van der Waals surface area contributed by atoms with E-state index in [1.165, 1.54) is 0 Å². The van der Waals surface area contributed by atoms with E-state index in [9.17, 15) is 9.90 Å². The summed E-state index contributed by atoms with van der Waals surface area (Å²) < 4.78 is 5.46. The highest BCUT2D eigenvalue weighted by molar-refractivity contribution is 5.57. The van der Waals surface area contributed by atoms with Gasteiger partial charge in [-0.3, -0.25) is 0 Å². The lowest BCUT2D eigenvalue weighted by molar-refractivity contribution is -0.107. The third kappa shape index (κ3) is 1.69. The summed E-state index contributed by atoms with van der Waals surface area (Å²) in [5.41, 5.74) is 2.77. The number of phenols is 1. The van der Waals surface area contributed by atoms with E-state index in [4.69, 9.17) is 4.74 Å². The van der Waals surface area contributed by atoms with E-state index in [1.54, 1.807) is 0 Å². The second-order valence-corrected chi connectivity index (χ2v) is 3.80. The van der Waals surface area contributed by atoms with E-state index in [0.29, 0.717) is 25.2 Å². The van der Waals surface area contributed by atoms with Gasteiger partial charge in [-0.1, -0.05) is 0 Å². The molecule has 1 aliphatic rings. The number of phenolic OH excluding ortho intramolecular Hbond substituents is 1. The molecule has 1 heterocycles. The summed E-state index contributed by atoms with van der Waals surface area (Å²) in [6.07, 6.45) is 2.76. The average molecular weight is 206 g/mol. The van der Waals surface area contributed by atoms with Gasteiger partial charge in [-0.25, -0.2) is 0 Å². The number of carbonyl (C=O) groups is 1. The van der Waals surface area contributed by atoms with E-state index in [-0.39, 0.29) is 0 Å². The van der Waals surface area contributed by atoms with Crippen LogP contribution in [0.1, 0.15) is 23.1 Å². The van der Waals surface area contributed by atoms with Crippen LogP contribution in [0.25, 0.3) is 0 Å². The fraction of sp³-hybridized carbons (Fsp3) is 0.417. The van der Waals surface area contributed by atoms with Gasteiger partial charge >= 0.3 is 0 Å². The van der Waals surface area contributed by atoms with Gasteiger partial charge in [-0.2, -0.15) is 0 Å². The van der Waals surface area contributed by atoms with Gasteiger partial charge in [0.05, 0.1) is 6.61 Å². The molecule has 0 aromatic heterocycles. The van der Waals surface area contributed by atoms with Crippen LogP contribution in [-0.2, 0) is 17.6 Å². The van der Waals surface area contributed by atoms with Gasteiger partial charge in [0.2, 0.25) is 0 Å². The molecule has 0 radical (unpaired) electrons. The molecule has 0 fully saturated rings. The first-order chi connectivity index (χ1) is 7.24. The molecule has 80 valence electrons. The van der Waals surface area contributed by atoms with Gasteiger partial charge in [0.25, 0.3) is 0 Å². The first-order valence-corrected chi connectivity index (χ1v) is 5.14. The predicted octanol–water partition coefficient (Wildman–Crippen LogP) is 1.77. The first-order valence-electron chi connectivity index (χ1n) is 5.14. The van der Waals surface area contributed by atoms with Crippen molar-refractivity contribution >= 4 is 6.29 Å². The Kier molecular flexibility index (Phi) is 2.62. The summed E-state index contributed by atoms with van der Waals surface area (Å²) in [6, 6.07) is 1.86. The van der Waals surface area contributed by atoms with Gasteiger partial charge in [-0.05, 0) is 25.0 Å². The number of benzene rings is 1. The molecule has 1 aliphatic heterocycles. The summed E-state index contributed by atoms with van der Waals surface area (Å²) in [4.78, 5) is 10.4. The molecule has 1 aromatic rings. The second kappa shape index (κ2) is 3.93. The van der Waals surface area contributed by atoms with Crippen molar-refractivity contribution in [2.24, 2.45) is 0 Å². The fourth-order valence-electron chi connectivity index (χ4n) is 2.02. The van der Waals surface area contributed by atoms with E-state index in [1.807, 2.05) is 13.0 Å². The van der Waals surface area contributed by atoms with Crippen molar-refractivity contribution in [1.82, 2.24) is 0 Å². The third-order valence-corrected chi connectivity index (χ3v) is 2.79. The topological polar surface area (TPSA) is 46.5 Å². The molecule has 3 nitrogen and oxygen atoms in total. The first kappa shape index (κ1) is 10.0. The third-order valence-electron chi connectivity index (χ3n) is 2.79. The molecule has 1 N–H and O–H groups in total. The van der Waals surface area contributed by atoms with E-state index in [2.05, 4.69) is 0 Å². The van der Waals surface area contributed by atoms with Crippen molar-refractivity contribution in [3.63, 3.8) is 0 Å². The number of aryl methyl sites for hydroxylation is 1. The minimum absolute atomic E-state index is 0.320. The Morgan fingerprint density at radius 1 is 1.60 bits per heavy atom. The van der Waals surface area contributed by atoms with Gasteiger partial charge in [0, 0.05) is 24.0 Å². The van der Waals surface area contributed by atoms with Crippen molar-refractivity contribution < 1.29 is 14.6 Å². The number of hydrogen-bond donors (Lipinski definition) is 1. The standard InChI is InChI=1S/C12H14O3/c1-8-7-11-9(4-6-15-11)10(12(8)14)3-2-5-13/h5,7,14H,2-4,6H2,1H3. The van der Waals surface area contributed by atoms with Crippen LogP contribution in [0.2, 0.25) is 0 Å². The van der Waals surface area contributed by atoms with Crippen LogP contribution in [0.5, 0.6) is 11.5 Å². The molecule has 0 aliphatic carbocycles. The summed E-state index contributed by atoms with van der Waals surface area (Å²) in [6.45, 7) is 2.52. The minimum atomic E-state index is 0.320. The molecule has 0 spiro atoms. The molecule has 0 unspecified atom stereocenters. The maximum absolute atomic E-state index is 10.4. The zero-order valence-corrected chi connectivity index (χ0v) is 8.75. The van der Waals surface area contributed by atoms with Crippen molar-refractivity contribution in [2.45, 2.75) is 26.2 Å². The Bertz CT molecular complexity index is 396. The number of ether oxygens (including phenoxy) is 1. The molecular weight excluding hydrogens is 192 g/mol. The summed E-state index contributed by atoms with van der Waals surface area (Å²) in [7, 11) is 0. The summed E-state index contributed by atoms with van der Waals surface area (Å²) in [5.74, 6) is 1.19. The molecule has 0 bridgehead atoms. The van der Waals surface area contributed by atoms with Crippen LogP contribution < -0.4 is 4.74 Å². The number of hydrogen-bond acceptors (Lipinski definition) is 3. The average Bonchev–Trinajstić information content (AvgIpc) is 2.66. The van der Waals surface area contributed by atoms with Crippen LogP contribution in [0, 0.1) is 6.92 Å². The van der Waals surface area contributed by atoms with Gasteiger partial charge < -0.3 is 14.6 Å². The molecular formula is C12H14O3. The van der Waals surface area contributed by atoms with Crippen LogP contribution >= 0.6 is 0 Å². The van der Waals surface area contributed by atoms with Crippen LogP contribution in [0.3, 0.4) is 0 Å². The highest BCUT2D eigenvalue weighted by Gasteiger charge is 2.20. The van der Waals surface area contributed by atoms with Crippen molar-refractivity contribution in [3.05, 3.63) is 22.8 Å². The zero-order valence-electron chi connectivity index (χ0n) is 8.75. The summed E-state index contributed by atoms with van der Waals surface area (Å²) >= 11 is 0. The molecule has 15 heavy (non-hydrogen) atoms. The van der Waals surface area contributed by atoms with E-state index < -0.39 is 0 Å². The van der Waals surface area contributed by atoms with Crippen molar-refractivity contribution in [1.29, 1.82) is 0 Å². The van der Waals surface area contributed by atoms with Crippen LogP contribution in [-0.4, -0.2) is 18.0 Å². The smallest absolute Gasteiger partial charge is 0.123 e. The molecule has 0 amide bonds. The molecule has 3 heteroatoms. The highest BCUT2D eigenvalue weighted by Crippen LogP contribution is 2.37. The highest BCUT2D eigenvalue weighted by atomic mass is 16.5. The lowest BCUT2D eigenvalue weighted by Crippen LogP contribution is -1.95. The number of rotatable bonds is 3. The predicted molar refractivity (Wildman–Crippen MR) is 56.4 cm³/mol. The normalized spacial score (nSPS) is 13.4.